The van der Waals surface area contributed by atoms with Gasteiger partial charge in [0.15, 0.2) is 0 Å². The van der Waals surface area contributed by atoms with Gasteiger partial charge in [0.25, 0.3) is 0 Å². The Balaban J connectivity index is 3.70. The Morgan fingerprint density at radius 2 is 1.78 bits per heavy atom. The van der Waals surface area contributed by atoms with Gasteiger partial charge in [0.05, 0.1) is 5.60 Å². The average Bonchev–Trinajstić information content (AvgIpc) is 2.32. The highest BCUT2D eigenvalue weighted by Crippen LogP contribution is 2.22. The SMILES string of the molecule is COC(C)(C)CCOCCCC(C)(C)C(N)=NO. The third-order valence-electron chi connectivity index (χ3n) is 3.29. The molecule has 0 rings (SSSR count). The first-order chi connectivity index (χ1) is 8.25. The van der Waals surface area contributed by atoms with Gasteiger partial charge < -0.3 is 20.4 Å². The standard InChI is InChI=1S/C13H28N2O3/c1-12(2,11(14)15-16)7-6-9-18-10-8-13(3,4)17-5/h16H,6-10H2,1-5H3,(H2,14,15). The normalized spacial score (nSPS) is 13.9. The van der Waals surface area contributed by atoms with Gasteiger partial charge in [-0.1, -0.05) is 19.0 Å². The number of nitrogens with zero attached hydrogens (tertiary/aromatic N) is 1. The first kappa shape index (κ1) is 17.2. The van der Waals surface area contributed by atoms with Crippen molar-refractivity contribution in [1.29, 1.82) is 0 Å². The lowest BCUT2D eigenvalue weighted by Crippen LogP contribution is -2.32. The molecule has 0 aliphatic heterocycles. The van der Waals surface area contributed by atoms with Gasteiger partial charge in [0, 0.05) is 25.7 Å². The van der Waals surface area contributed by atoms with Crippen LogP contribution in [0.25, 0.3) is 0 Å². The van der Waals surface area contributed by atoms with Crippen molar-refractivity contribution in [2.45, 2.75) is 52.6 Å². The van der Waals surface area contributed by atoms with Gasteiger partial charge in [0.2, 0.25) is 0 Å². The van der Waals surface area contributed by atoms with Crippen LogP contribution >= 0.6 is 0 Å². The molecule has 108 valence electrons. The van der Waals surface area contributed by atoms with Gasteiger partial charge in [-0.15, -0.1) is 0 Å². The summed E-state index contributed by atoms with van der Waals surface area (Å²) in [5.41, 5.74) is 5.19. The monoisotopic (exact) mass is 260 g/mol. The van der Waals surface area contributed by atoms with Gasteiger partial charge in [-0.2, -0.15) is 0 Å². The molecule has 0 fully saturated rings. The fourth-order valence-corrected chi connectivity index (χ4v) is 1.40. The molecule has 0 aromatic heterocycles. The summed E-state index contributed by atoms with van der Waals surface area (Å²) in [5.74, 6) is 0.267. The maximum Gasteiger partial charge on any atom is 0.144 e. The molecule has 0 atom stereocenters. The first-order valence-corrected chi connectivity index (χ1v) is 6.36. The molecule has 5 heteroatoms. The second-order valence-electron chi connectivity index (χ2n) is 5.80. The molecule has 0 heterocycles. The second-order valence-corrected chi connectivity index (χ2v) is 5.80. The minimum absolute atomic E-state index is 0.132. The topological polar surface area (TPSA) is 77.1 Å². The van der Waals surface area contributed by atoms with Crippen molar-refractivity contribution in [3.63, 3.8) is 0 Å². The van der Waals surface area contributed by atoms with Crippen molar-refractivity contribution in [3.05, 3.63) is 0 Å². The van der Waals surface area contributed by atoms with E-state index in [1.807, 2.05) is 27.7 Å². The van der Waals surface area contributed by atoms with Gasteiger partial charge in [0.1, 0.15) is 5.84 Å². The van der Waals surface area contributed by atoms with Gasteiger partial charge >= 0.3 is 0 Å². The Morgan fingerprint density at radius 3 is 2.28 bits per heavy atom. The summed E-state index contributed by atoms with van der Waals surface area (Å²) in [6.45, 7) is 9.36. The van der Waals surface area contributed by atoms with Gasteiger partial charge in [-0.25, -0.2) is 0 Å². The Morgan fingerprint density at radius 1 is 1.17 bits per heavy atom. The minimum Gasteiger partial charge on any atom is -0.409 e. The fourth-order valence-electron chi connectivity index (χ4n) is 1.40. The molecule has 0 unspecified atom stereocenters. The van der Waals surface area contributed by atoms with Crippen LogP contribution in [0.2, 0.25) is 0 Å². The number of hydrogen-bond donors (Lipinski definition) is 2. The number of hydrogen-bond acceptors (Lipinski definition) is 4. The molecule has 0 aromatic rings. The summed E-state index contributed by atoms with van der Waals surface area (Å²) in [6.07, 6.45) is 2.58. The van der Waals surface area contributed by atoms with Crippen LogP contribution in [-0.4, -0.2) is 37.0 Å². The zero-order valence-electron chi connectivity index (χ0n) is 12.3. The van der Waals surface area contributed by atoms with E-state index in [9.17, 15) is 0 Å². The summed E-state index contributed by atoms with van der Waals surface area (Å²) in [6, 6.07) is 0. The number of amidine groups is 1. The first-order valence-electron chi connectivity index (χ1n) is 6.36. The van der Waals surface area contributed by atoms with E-state index in [4.69, 9.17) is 20.4 Å². The Hall–Kier alpha value is -0.810. The van der Waals surface area contributed by atoms with Crippen molar-refractivity contribution < 1.29 is 14.7 Å². The fraction of sp³-hybridized carbons (Fsp3) is 0.923. The van der Waals surface area contributed by atoms with E-state index in [2.05, 4.69) is 5.16 Å². The van der Waals surface area contributed by atoms with Crippen LogP contribution in [-0.2, 0) is 9.47 Å². The number of ether oxygens (including phenoxy) is 2. The minimum atomic E-state index is -0.288. The highest BCUT2D eigenvalue weighted by atomic mass is 16.5. The maximum atomic E-state index is 8.65. The molecule has 0 aromatic carbocycles. The zero-order chi connectivity index (χ0) is 14.2. The van der Waals surface area contributed by atoms with Crippen molar-refractivity contribution in [2.75, 3.05) is 20.3 Å². The van der Waals surface area contributed by atoms with Crippen LogP contribution in [0.1, 0.15) is 47.0 Å². The highest BCUT2D eigenvalue weighted by Gasteiger charge is 2.23. The summed E-state index contributed by atoms with van der Waals surface area (Å²) in [7, 11) is 1.71. The zero-order valence-corrected chi connectivity index (χ0v) is 12.3. The number of oxime groups is 1. The summed E-state index contributed by atoms with van der Waals surface area (Å²) >= 11 is 0. The largest absolute Gasteiger partial charge is 0.409 e. The molecular weight excluding hydrogens is 232 g/mol. The lowest BCUT2D eigenvalue weighted by molar-refractivity contribution is -0.0105. The Kier molecular flexibility index (Phi) is 7.25. The Bertz CT molecular complexity index is 263. The smallest absolute Gasteiger partial charge is 0.144 e. The number of rotatable bonds is 9. The molecule has 18 heavy (non-hydrogen) atoms. The van der Waals surface area contributed by atoms with Crippen LogP contribution in [0.5, 0.6) is 0 Å². The van der Waals surface area contributed by atoms with E-state index < -0.39 is 0 Å². The van der Waals surface area contributed by atoms with E-state index in [0.29, 0.717) is 13.2 Å². The molecule has 0 radical (unpaired) electrons. The number of methoxy groups -OCH3 is 1. The third kappa shape index (κ3) is 6.81. The van der Waals surface area contributed by atoms with Gasteiger partial charge in [-0.05, 0) is 33.1 Å². The van der Waals surface area contributed by atoms with Crippen LogP contribution < -0.4 is 5.73 Å². The predicted molar refractivity (Wildman–Crippen MR) is 72.9 cm³/mol. The van der Waals surface area contributed by atoms with Crippen LogP contribution in [0.15, 0.2) is 5.16 Å². The van der Waals surface area contributed by atoms with E-state index in [-0.39, 0.29) is 16.9 Å². The molecule has 0 bridgehead atoms. The molecule has 0 aliphatic carbocycles. The Labute approximate surface area is 110 Å². The molecule has 0 saturated heterocycles. The van der Waals surface area contributed by atoms with E-state index in [1.54, 1.807) is 7.11 Å². The maximum absolute atomic E-state index is 8.65. The van der Waals surface area contributed by atoms with Crippen molar-refractivity contribution in [2.24, 2.45) is 16.3 Å². The van der Waals surface area contributed by atoms with Crippen molar-refractivity contribution in [1.82, 2.24) is 0 Å². The quantitative estimate of drug-likeness (QED) is 0.219. The molecule has 3 N–H and O–H groups in total. The third-order valence-corrected chi connectivity index (χ3v) is 3.29. The highest BCUT2D eigenvalue weighted by molar-refractivity contribution is 5.85. The lowest BCUT2D eigenvalue weighted by Gasteiger charge is -2.24. The van der Waals surface area contributed by atoms with Gasteiger partial charge in [-0.3, -0.25) is 0 Å². The van der Waals surface area contributed by atoms with Crippen LogP contribution in [0, 0.1) is 5.41 Å². The number of nitrogens with two attached hydrogens (primary N) is 1. The van der Waals surface area contributed by atoms with Crippen molar-refractivity contribution >= 4 is 5.84 Å². The molecule has 5 nitrogen and oxygen atoms in total. The molecule has 0 saturated carbocycles. The van der Waals surface area contributed by atoms with Crippen molar-refractivity contribution in [3.8, 4) is 0 Å². The van der Waals surface area contributed by atoms with Crippen LogP contribution in [0.4, 0.5) is 0 Å². The summed E-state index contributed by atoms with van der Waals surface area (Å²) in [4.78, 5) is 0. The predicted octanol–water partition coefficient (Wildman–Crippen LogP) is 2.37. The van der Waals surface area contributed by atoms with E-state index >= 15 is 0 Å². The van der Waals surface area contributed by atoms with E-state index in [0.717, 1.165) is 19.3 Å². The van der Waals surface area contributed by atoms with Crippen LogP contribution in [0.3, 0.4) is 0 Å². The molecule has 0 aliphatic rings. The lowest BCUT2D eigenvalue weighted by atomic mass is 9.87. The molecule has 0 spiro atoms. The summed E-state index contributed by atoms with van der Waals surface area (Å²) < 4.78 is 10.9. The second kappa shape index (κ2) is 7.59. The molecular formula is C13H28N2O3. The summed E-state index contributed by atoms with van der Waals surface area (Å²) in [5, 5.41) is 11.7. The van der Waals surface area contributed by atoms with E-state index in [1.165, 1.54) is 0 Å². The molecule has 0 amide bonds. The average molecular weight is 260 g/mol.